The summed E-state index contributed by atoms with van der Waals surface area (Å²) in [6.45, 7) is 3.98. The van der Waals surface area contributed by atoms with Crippen molar-refractivity contribution in [2.24, 2.45) is 11.7 Å². The molecule has 0 radical (unpaired) electrons. The second-order valence-electron chi connectivity index (χ2n) is 7.84. The Bertz CT molecular complexity index is 772. The van der Waals surface area contributed by atoms with Crippen LogP contribution in [0.25, 0.3) is 0 Å². The predicted molar refractivity (Wildman–Crippen MR) is 122 cm³/mol. The predicted octanol–water partition coefficient (Wildman–Crippen LogP) is 1.80. The number of aryl methyl sites for hydroxylation is 1. The monoisotopic (exact) mass is 428 g/mol. The largest absolute Gasteiger partial charge is 0.480 e. The smallest absolute Gasteiger partial charge is 0.469 e. The van der Waals surface area contributed by atoms with Crippen molar-refractivity contribution in [1.82, 2.24) is 5.32 Å². The average molecular weight is 428 g/mol. The zero-order valence-corrected chi connectivity index (χ0v) is 18.1. The van der Waals surface area contributed by atoms with Gasteiger partial charge in [-0.1, -0.05) is 74.5 Å². The highest BCUT2D eigenvalue weighted by Crippen LogP contribution is 2.06. The molecule has 31 heavy (non-hydrogen) atoms. The zero-order chi connectivity index (χ0) is 23.2. The Balaban J connectivity index is 0.000000452. The molecule has 2 atom stereocenters. The van der Waals surface area contributed by atoms with E-state index in [1.807, 2.05) is 74.5 Å². The molecule has 2 aromatic carbocycles. The molecule has 1 amide bonds. The van der Waals surface area contributed by atoms with Gasteiger partial charge < -0.3 is 26.2 Å². The Morgan fingerprint density at radius 3 is 1.90 bits per heavy atom. The van der Waals surface area contributed by atoms with E-state index >= 15 is 0 Å². The van der Waals surface area contributed by atoms with E-state index in [1.165, 1.54) is 0 Å². The molecule has 7 nitrogen and oxygen atoms in total. The third-order valence-electron chi connectivity index (χ3n) is 4.53. The van der Waals surface area contributed by atoms with Gasteiger partial charge in [-0.2, -0.15) is 0 Å². The van der Waals surface area contributed by atoms with Crippen molar-refractivity contribution in [3.05, 3.63) is 71.8 Å². The summed E-state index contributed by atoms with van der Waals surface area (Å²) in [4.78, 5) is 23.2. The fraction of sp³-hybridized carbons (Fsp3) is 0.391. The van der Waals surface area contributed by atoms with E-state index in [9.17, 15) is 14.7 Å². The molecule has 168 valence electrons. The van der Waals surface area contributed by atoms with Gasteiger partial charge in [-0.3, -0.25) is 4.79 Å². The van der Waals surface area contributed by atoms with Gasteiger partial charge >= 0.3 is 13.1 Å². The highest BCUT2D eigenvalue weighted by molar-refractivity contribution is 6.43. The van der Waals surface area contributed by atoms with E-state index in [1.54, 1.807) is 0 Å². The molecular formula is C23H33BN2O5. The van der Waals surface area contributed by atoms with Gasteiger partial charge in [0, 0.05) is 18.8 Å². The maximum absolute atomic E-state index is 11.9. The van der Waals surface area contributed by atoms with Crippen molar-refractivity contribution < 1.29 is 24.7 Å². The number of rotatable bonds is 10. The summed E-state index contributed by atoms with van der Waals surface area (Å²) >= 11 is 0. The van der Waals surface area contributed by atoms with Gasteiger partial charge in [0.15, 0.2) is 0 Å². The standard InChI is InChI=1S/C18H19NO3.C5H14BNO2/c20-17(12-11-14-7-3-1-4-8-14)19-16(18(21)22)13-15-9-5-2-6-10-15;1-4(2)3-5(7)6(8)9/h1-10,16H,11-13H2,(H,19,20)(H,21,22);4-5,8-9H,3,7H2,1-2H3/t16-;5-/m00/s1. The lowest BCUT2D eigenvalue weighted by Crippen LogP contribution is -2.42. The molecule has 0 spiro atoms. The number of benzene rings is 2. The molecule has 0 fully saturated rings. The van der Waals surface area contributed by atoms with Crippen LogP contribution in [0.1, 0.15) is 37.8 Å². The Labute approximate surface area is 184 Å². The molecule has 0 aliphatic heterocycles. The van der Waals surface area contributed by atoms with Crippen molar-refractivity contribution in [1.29, 1.82) is 0 Å². The number of carbonyl (C=O) groups excluding carboxylic acids is 1. The van der Waals surface area contributed by atoms with Crippen LogP contribution in [0.4, 0.5) is 0 Å². The second kappa shape index (κ2) is 14.4. The van der Waals surface area contributed by atoms with Gasteiger partial charge in [0.2, 0.25) is 5.91 Å². The Morgan fingerprint density at radius 2 is 1.48 bits per heavy atom. The van der Waals surface area contributed by atoms with E-state index in [0.29, 0.717) is 18.8 Å². The van der Waals surface area contributed by atoms with Crippen LogP contribution in [0.15, 0.2) is 60.7 Å². The Kier molecular flexibility index (Phi) is 12.2. The summed E-state index contributed by atoms with van der Waals surface area (Å²) < 4.78 is 0. The first kappa shape index (κ1) is 26.4. The number of nitrogens with two attached hydrogens (primary N) is 1. The first-order valence-electron chi connectivity index (χ1n) is 10.4. The van der Waals surface area contributed by atoms with Crippen LogP contribution in [-0.4, -0.2) is 46.1 Å². The van der Waals surface area contributed by atoms with E-state index in [2.05, 4.69) is 5.32 Å². The fourth-order valence-electron chi connectivity index (χ4n) is 2.88. The van der Waals surface area contributed by atoms with Crippen LogP contribution in [0.3, 0.4) is 0 Å². The highest BCUT2D eigenvalue weighted by atomic mass is 16.4. The number of hydrogen-bond acceptors (Lipinski definition) is 5. The van der Waals surface area contributed by atoms with Crippen LogP contribution in [-0.2, 0) is 22.4 Å². The van der Waals surface area contributed by atoms with Crippen LogP contribution in [0.2, 0.25) is 0 Å². The van der Waals surface area contributed by atoms with Crippen LogP contribution in [0, 0.1) is 5.92 Å². The summed E-state index contributed by atoms with van der Waals surface area (Å²) in [6, 6.07) is 18.0. The molecule has 0 heterocycles. The quantitative estimate of drug-likeness (QED) is 0.367. The fourth-order valence-corrected chi connectivity index (χ4v) is 2.88. The van der Waals surface area contributed by atoms with Crippen molar-refractivity contribution in [2.45, 2.75) is 51.5 Å². The molecule has 0 unspecified atom stereocenters. The molecule has 0 aliphatic rings. The van der Waals surface area contributed by atoms with Gasteiger partial charge in [-0.05, 0) is 29.9 Å². The number of carboxylic acid groups (broad SMARTS) is 1. The molecule has 2 rings (SSSR count). The number of hydrogen-bond donors (Lipinski definition) is 5. The Hall–Kier alpha value is -2.68. The molecule has 0 aromatic heterocycles. The van der Waals surface area contributed by atoms with Crippen LogP contribution in [0.5, 0.6) is 0 Å². The van der Waals surface area contributed by atoms with Crippen LogP contribution >= 0.6 is 0 Å². The van der Waals surface area contributed by atoms with Gasteiger partial charge in [0.1, 0.15) is 6.04 Å². The number of carboxylic acids is 1. The topological polar surface area (TPSA) is 133 Å². The summed E-state index contributed by atoms with van der Waals surface area (Å²) in [5.41, 5.74) is 7.27. The molecule has 0 saturated carbocycles. The number of aliphatic carboxylic acids is 1. The van der Waals surface area contributed by atoms with Crippen molar-refractivity contribution >= 4 is 19.0 Å². The third-order valence-corrected chi connectivity index (χ3v) is 4.53. The zero-order valence-electron chi connectivity index (χ0n) is 18.1. The van der Waals surface area contributed by atoms with Gasteiger partial charge in [-0.25, -0.2) is 4.79 Å². The van der Waals surface area contributed by atoms with E-state index in [4.69, 9.17) is 15.8 Å². The first-order chi connectivity index (χ1) is 14.7. The van der Waals surface area contributed by atoms with Gasteiger partial charge in [0.05, 0.1) is 0 Å². The lowest BCUT2D eigenvalue weighted by atomic mass is 9.76. The molecule has 0 saturated heterocycles. The van der Waals surface area contributed by atoms with Crippen molar-refractivity contribution in [2.75, 3.05) is 0 Å². The van der Waals surface area contributed by atoms with Crippen molar-refractivity contribution in [3.8, 4) is 0 Å². The minimum absolute atomic E-state index is 0.243. The average Bonchev–Trinajstić information content (AvgIpc) is 2.73. The summed E-state index contributed by atoms with van der Waals surface area (Å²) in [5.74, 6) is -1.34. The molecule has 0 bridgehead atoms. The lowest BCUT2D eigenvalue weighted by molar-refractivity contribution is -0.141. The molecule has 2 aromatic rings. The van der Waals surface area contributed by atoms with Gasteiger partial charge in [-0.15, -0.1) is 0 Å². The summed E-state index contributed by atoms with van der Waals surface area (Å²) in [5, 5.41) is 28.9. The summed E-state index contributed by atoms with van der Waals surface area (Å²) in [6.07, 6.45) is 1.82. The molecular weight excluding hydrogens is 395 g/mol. The van der Waals surface area contributed by atoms with E-state index in [0.717, 1.165) is 11.1 Å². The molecule has 0 aliphatic carbocycles. The van der Waals surface area contributed by atoms with Crippen LogP contribution < -0.4 is 11.1 Å². The third kappa shape index (κ3) is 11.9. The lowest BCUT2D eigenvalue weighted by Gasteiger charge is -2.14. The molecule has 8 heteroatoms. The Morgan fingerprint density at radius 1 is 0.968 bits per heavy atom. The normalized spacial score (nSPS) is 12.3. The minimum Gasteiger partial charge on any atom is -0.480 e. The highest BCUT2D eigenvalue weighted by Gasteiger charge is 2.20. The summed E-state index contributed by atoms with van der Waals surface area (Å²) in [7, 11) is -1.37. The maximum Gasteiger partial charge on any atom is 0.469 e. The maximum atomic E-state index is 11.9. The first-order valence-corrected chi connectivity index (χ1v) is 10.4. The number of nitrogens with one attached hydrogen (secondary N) is 1. The second-order valence-corrected chi connectivity index (χ2v) is 7.84. The minimum atomic E-state index is -1.37. The van der Waals surface area contributed by atoms with Crippen molar-refractivity contribution in [3.63, 3.8) is 0 Å². The van der Waals surface area contributed by atoms with E-state index in [-0.39, 0.29) is 18.7 Å². The number of carbonyl (C=O) groups is 2. The number of amides is 1. The van der Waals surface area contributed by atoms with Gasteiger partial charge in [0.25, 0.3) is 0 Å². The SMILES string of the molecule is CC(C)C[C@H](N)B(O)O.O=C(CCc1ccccc1)N[C@@H](Cc1ccccc1)C(=O)O. The molecule has 6 N–H and O–H groups in total. The van der Waals surface area contributed by atoms with E-state index < -0.39 is 25.1 Å².